The molecule has 1 aromatic rings. The maximum absolute atomic E-state index is 6.55. The lowest BCUT2D eigenvalue weighted by molar-refractivity contribution is -0.0388. The Hall–Kier alpha value is -0.940. The Morgan fingerprint density at radius 2 is 0.941 bits per heavy atom. The van der Waals surface area contributed by atoms with Crippen molar-refractivity contribution in [2.24, 2.45) is 5.73 Å². The fraction of sp³-hybridized carbons (Fsp3) is 0.872. The number of nitrogens with zero attached hydrogens (tertiary/aromatic N) is 1. The first-order valence-corrected chi connectivity index (χ1v) is 22.9. The molecule has 0 spiro atoms. The van der Waals surface area contributed by atoms with Crippen LogP contribution in [0, 0.1) is 0 Å². The van der Waals surface area contributed by atoms with Crippen LogP contribution in [-0.2, 0) is 14.9 Å². The number of benzene rings is 1. The minimum atomic E-state index is 0.118. The molecular formula is C47H88N2O2. The molecule has 0 radical (unpaired) electrons. The first-order chi connectivity index (χ1) is 25.2. The number of ether oxygens (including phenoxy) is 2. The first-order valence-electron chi connectivity index (χ1n) is 22.9. The van der Waals surface area contributed by atoms with Crippen LogP contribution in [0.3, 0.4) is 0 Å². The highest BCUT2D eigenvalue weighted by atomic mass is 16.5. The zero-order chi connectivity index (χ0) is 36.3. The molecule has 0 bridgehead atoms. The van der Waals surface area contributed by atoms with Crippen molar-refractivity contribution in [3.8, 4) is 0 Å². The van der Waals surface area contributed by atoms with Gasteiger partial charge in [-0.25, -0.2) is 0 Å². The van der Waals surface area contributed by atoms with E-state index in [1.54, 1.807) is 0 Å². The van der Waals surface area contributed by atoms with Crippen molar-refractivity contribution in [3.05, 3.63) is 35.9 Å². The van der Waals surface area contributed by atoms with Crippen molar-refractivity contribution >= 4 is 0 Å². The van der Waals surface area contributed by atoms with Crippen LogP contribution in [0.1, 0.15) is 212 Å². The molecule has 51 heavy (non-hydrogen) atoms. The van der Waals surface area contributed by atoms with Crippen LogP contribution < -0.4 is 5.73 Å². The van der Waals surface area contributed by atoms with E-state index < -0.39 is 0 Å². The Labute approximate surface area is 319 Å². The monoisotopic (exact) mass is 713 g/mol. The Morgan fingerprint density at radius 3 is 1.35 bits per heavy atom. The van der Waals surface area contributed by atoms with Crippen molar-refractivity contribution < 1.29 is 9.47 Å². The quantitative estimate of drug-likeness (QED) is 0.0698. The Bertz CT molecular complexity index is 840. The lowest BCUT2D eigenvalue weighted by Crippen LogP contribution is -2.49. The molecule has 4 nitrogen and oxygen atoms in total. The molecule has 1 unspecified atom stereocenters. The maximum atomic E-state index is 6.55. The number of hydrogen-bond donors (Lipinski definition) is 1. The summed E-state index contributed by atoms with van der Waals surface area (Å²) < 4.78 is 12.8. The Kier molecular flexibility index (Phi) is 30.5. The third-order valence-electron chi connectivity index (χ3n) is 11.8. The molecule has 1 aromatic carbocycles. The summed E-state index contributed by atoms with van der Waals surface area (Å²) in [7, 11) is 0. The van der Waals surface area contributed by atoms with Crippen molar-refractivity contribution in [2.45, 2.75) is 218 Å². The highest BCUT2D eigenvalue weighted by molar-refractivity contribution is 5.26. The first kappa shape index (κ1) is 46.2. The third-order valence-corrected chi connectivity index (χ3v) is 11.8. The normalized spacial score (nSPS) is 15.4. The number of unbranched alkanes of at least 4 members (excludes halogenated alkanes) is 26. The fourth-order valence-electron chi connectivity index (χ4n) is 8.17. The van der Waals surface area contributed by atoms with Crippen LogP contribution in [0.4, 0.5) is 0 Å². The van der Waals surface area contributed by atoms with E-state index in [2.05, 4.69) is 49.1 Å². The predicted octanol–water partition coefficient (Wildman–Crippen LogP) is 13.3. The van der Waals surface area contributed by atoms with Crippen LogP contribution in [0.2, 0.25) is 0 Å². The molecule has 0 saturated carbocycles. The number of piperidine rings is 1. The van der Waals surface area contributed by atoms with Crippen LogP contribution >= 0.6 is 0 Å². The molecule has 2 N–H and O–H groups in total. The van der Waals surface area contributed by atoms with Gasteiger partial charge in [-0.15, -0.1) is 0 Å². The van der Waals surface area contributed by atoms with E-state index in [4.69, 9.17) is 15.2 Å². The van der Waals surface area contributed by atoms with E-state index in [0.717, 1.165) is 58.8 Å². The fourth-order valence-corrected chi connectivity index (χ4v) is 8.17. The molecule has 2 rings (SSSR count). The summed E-state index contributed by atoms with van der Waals surface area (Å²) in [6.07, 6.45) is 41.4. The molecule has 1 fully saturated rings. The SMILES string of the molecule is CCCCCCCCCCCCCCCCOCC(CN1CCC(CN)(c2ccccc2)CC1)OCCCCCCCCCCCCCCCC. The van der Waals surface area contributed by atoms with E-state index >= 15 is 0 Å². The van der Waals surface area contributed by atoms with Gasteiger partial charge in [-0.1, -0.05) is 211 Å². The highest BCUT2D eigenvalue weighted by Crippen LogP contribution is 2.34. The molecule has 0 aliphatic carbocycles. The van der Waals surface area contributed by atoms with Gasteiger partial charge >= 0.3 is 0 Å². The van der Waals surface area contributed by atoms with Crippen LogP contribution in [-0.4, -0.2) is 57.0 Å². The van der Waals surface area contributed by atoms with Gasteiger partial charge in [0.15, 0.2) is 0 Å². The summed E-state index contributed by atoms with van der Waals surface area (Å²) in [4.78, 5) is 2.61. The van der Waals surface area contributed by atoms with Gasteiger partial charge in [-0.3, -0.25) is 0 Å². The van der Waals surface area contributed by atoms with Crippen LogP contribution in [0.25, 0.3) is 0 Å². The van der Waals surface area contributed by atoms with Gasteiger partial charge in [0.05, 0.1) is 12.7 Å². The molecule has 1 atom stereocenters. The lowest BCUT2D eigenvalue weighted by Gasteiger charge is -2.42. The second kappa shape index (κ2) is 33.6. The number of likely N-dealkylation sites (tertiary alicyclic amines) is 1. The van der Waals surface area contributed by atoms with E-state index in [0.29, 0.717) is 0 Å². The summed E-state index contributed by atoms with van der Waals surface area (Å²) in [6, 6.07) is 11.0. The van der Waals surface area contributed by atoms with Crippen molar-refractivity contribution in [3.63, 3.8) is 0 Å². The number of nitrogens with two attached hydrogens (primary N) is 1. The third kappa shape index (κ3) is 24.2. The molecule has 0 aromatic heterocycles. The summed E-state index contributed by atoms with van der Waals surface area (Å²) >= 11 is 0. The molecule has 1 heterocycles. The molecule has 298 valence electrons. The summed E-state index contributed by atoms with van der Waals surface area (Å²) in [5.74, 6) is 0. The summed E-state index contributed by atoms with van der Waals surface area (Å²) in [5, 5.41) is 0. The molecule has 1 aliphatic heterocycles. The predicted molar refractivity (Wildman–Crippen MR) is 224 cm³/mol. The standard InChI is InChI=1S/C47H88N2O2/c1-3-5-7-9-11-13-15-17-19-21-23-25-27-32-40-50-43-46(42-49-38-36-47(44-48,37-39-49)45-34-30-29-31-35-45)51-41-33-28-26-24-22-20-18-16-14-12-10-8-6-4-2/h29-31,34-35,46H,3-28,32-33,36-44,48H2,1-2H3. The Balaban J connectivity index is 1.58. The van der Waals surface area contributed by atoms with Gasteiger partial charge in [-0.05, 0) is 44.3 Å². The zero-order valence-electron chi connectivity index (χ0n) is 34.5. The van der Waals surface area contributed by atoms with E-state index in [9.17, 15) is 0 Å². The highest BCUT2D eigenvalue weighted by Gasteiger charge is 2.35. The molecule has 0 amide bonds. The van der Waals surface area contributed by atoms with Crippen molar-refractivity contribution in [2.75, 3.05) is 46.0 Å². The van der Waals surface area contributed by atoms with Crippen molar-refractivity contribution in [1.82, 2.24) is 4.90 Å². The average Bonchev–Trinajstić information content (AvgIpc) is 3.16. The van der Waals surface area contributed by atoms with Gasteiger partial charge in [0.2, 0.25) is 0 Å². The van der Waals surface area contributed by atoms with E-state index in [1.165, 1.54) is 185 Å². The second-order valence-corrected chi connectivity index (χ2v) is 16.4. The lowest BCUT2D eigenvalue weighted by atomic mass is 9.73. The molecule has 4 heteroatoms. The van der Waals surface area contributed by atoms with Crippen LogP contribution in [0.15, 0.2) is 30.3 Å². The average molecular weight is 713 g/mol. The topological polar surface area (TPSA) is 47.7 Å². The van der Waals surface area contributed by atoms with E-state index in [-0.39, 0.29) is 11.5 Å². The van der Waals surface area contributed by atoms with Crippen molar-refractivity contribution in [1.29, 1.82) is 0 Å². The van der Waals surface area contributed by atoms with Gasteiger partial charge in [0.25, 0.3) is 0 Å². The van der Waals surface area contributed by atoms with Gasteiger partial charge < -0.3 is 20.1 Å². The zero-order valence-corrected chi connectivity index (χ0v) is 34.5. The minimum absolute atomic E-state index is 0.118. The Morgan fingerprint density at radius 1 is 0.549 bits per heavy atom. The van der Waals surface area contributed by atoms with E-state index in [1.807, 2.05) is 0 Å². The summed E-state index contributed by atoms with van der Waals surface area (Å²) in [6.45, 7) is 11.0. The van der Waals surface area contributed by atoms with Gasteiger partial charge in [0, 0.05) is 31.7 Å². The smallest absolute Gasteiger partial charge is 0.0934 e. The van der Waals surface area contributed by atoms with Crippen LogP contribution in [0.5, 0.6) is 0 Å². The number of hydrogen-bond acceptors (Lipinski definition) is 4. The largest absolute Gasteiger partial charge is 0.379 e. The second-order valence-electron chi connectivity index (χ2n) is 16.4. The summed E-state index contributed by atoms with van der Waals surface area (Å²) in [5.41, 5.74) is 7.93. The van der Waals surface area contributed by atoms with Gasteiger partial charge in [-0.2, -0.15) is 0 Å². The molecule has 1 aliphatic rings. The van der Waals surface area contributed by atoms with Gasteiger partial charge in [0.1, 0.15) is 0 Å². The minimum Gasteiger partial charge on any atom is -0.379 e. The molecular weight excluding hydrogens is 625 g/mol. The molecule has 1 saturated heterocycles. The number of rotatable bonds is 37. The maximum Gasteiger partial charge on any atom is 0.0934 e.